The average molecular weight is 187 g/mol. The number of ether oxygens (including phenoxy) is 1. The molecule has 0 saturated heterocycles. The van der Waals surface area contributed by atoms with Crippen LogP contribution in [0.1, 0.15) is 26.2 Å². The fourth-order valence-corrected chi connectivity index (χ4v) is 0.988. The Morgan fingerprint density at radius 1 is 1.36 bits per heavy atom. The predicted octanol–water partition coefficient (Wildman–Crippen LogP) is 3.06. The second-order valence-electron chi connectivity index (χ2n) is 2.94. The predicted molar refractivity (Wildman–Crippen MR) is 58.1 cm³/mol. The van der Waals surface area contributed by atoms with Crippen LogP contribution in [0.2, 0.25) is 0 Å². The maximum Gasteiger partial charge on any atom is 0.119 e. The zero-order valence-electron chi connectivity index (χ0n) is 8.55. The zero-order valence-corrected chi connectivity index (χ0v) is 8.55. The topological polar surface area (TPSA) is 9.23 Å². The molecule has 1 heteroatoms. The number of hydrogen-bond donors (Lipinski definition) is 0. The Kier molecular flexibility index (Phi) is 5.35. The first-order valence-electron chi connectivity index (χ1n) is 4.98. The van der Waals surface area contributed by atoms with E-state index in [0.29, 0.717) is 6.61 Å². The molecule has 1 rings (SSSR count). The molecule has 0 aliphatic carbocycles. The number of hydrogen-bond acceptors (Lipinski definition) is 1. The van der Waals surface area contributed by atoms with Crippen molar-refractivity contribution in [1.29, 1.82) is 0 Å². The summed E-state index contributed by atoms with van der Waals surface area (Å²) in [7, 11) is 0. The van der Waals surface area contributed by atoms with Gasteiger partial charge in [-0.05, 0) is 24.6 Å². The van der Waals surface area contributed by atoms with Crippen LogP contribution in [0.15, 0.2) is 24.3 Å². The van der Waals surface area contributed by atoms with E-state index in [1.165, 1.54) is 0 Å². The van der Waals surface area contributed by atoms with Crippen LogP contribution in [0.3, 0.4) is 0 Å². The van der Waals surface area contributed by atoms with E-state index >= 15 is 0 Å². The van der Waals surface area contributed by atoms with Crippen molar-refractivity contribution in [1.82, 2.24) is 0 Å². The normalized spacial score (nSPS) is 8.93. The van der Waals surface area contributed by atoms with Crippen molar-refractivity contribution in [3.63, 3.8) is 0 Å². The summed E-state index contributed by atoms with van der Waals surface area (Å²) in [4.78, 5) is 0. The fraction of sp³-hybridized carbons (Fsp3) is 0.385. The van der Waals surface area contributed by atoms with Crippen molar-refractivity contribution in [3.05, 3.63) is 30.3 Å². The fourth-order valence-electron chi connectivity index (χ4n) is 0.988. The average Bonchev–Trinajstić information content (AvgIpc) is 2.25. The third-order valence-corrected chi connectivity index (χ3v) is 1.67. The van der Waals surface area contributed by atoms with E-state index < -0.39 is 0 Å². The molecular weight excluding hydrogens is 172 g/mol. The van der Waals surface area contributed by atoms with Crippen LogP contribution in [0, 0.1) is 17.9 Å². The highest BCUT2D eigenvalue weighted by atomic mass is 16.5. The Morgan fingerprint density at radius 2 is 2.21 bits per heavy atom. The highest BCUT2D eigenvalue weighted by Crippen LogP contribution is 2.07. The molecule has 14 heavy (non-hydrogen) atoms. The van der Waals surface area contributed by atoms with Gasteiger partial charge in [-0.15, -0.1) is 5.92 Å². The van der Waals surface area contributed by atoms with Gasteiger partial charge >= 0.3 is 0 Å². The SMILES string of the molecule is CCCC#CCCOc1c[c]ccc1. The highest BCUT2D eigenvalue weighted by molar-refractivity contribution is 5.20. The smallest absolute Gasteiger partial charge is 0.119 e. The molecule has 0 spiro atoms. The van der Waals surface area contributed by atoms with Crippen LogP contribution in [0.4, 0.5) is 0 Å². The molecule has 0 aliphatic rings. The van der Waals surface area contributed by atoms with E-state index in [-0.39, 0.29) is 0 Å². The van der Waals surface area contributed by atoms with E-state index in [1.807, 2.05) is 24.3 Å². The van der Waals surface area contributed by atoms with Gasteiger partial charge in [-0.2, -0.15) is 0 Å². The van der Waals surface area contributed by atoms with Gasteiger partial charge < -0.3 is 4.74 Å². The number of benzene rings is 1. The lowest BCUT2D eigenvalue weighted by molar-refractivity contribution is 0.327. The van der Waals surface area contributed by atoms with Crippen LogP contribution in [-0.2, 0) is 0 Å². The first-order valence-corrected chi connectivity index (χ1v) is 4.98. The maximum atomic E-state index is 5.45. The Bertz CT molecular complexity index is 292. The lowest BCUT2D eigenvalue weighted by atomic mass is 10.3. The van der Waals surface area contributed by atoms with Crippen LogP contribution in [0.25, 0.3) is 0 Å². The lowest BCUT2D eigenvalue weighted by Gasteiger charge is -2.01. The summed E-state index contributed by atoms with van der Waals surface area (Å²) < 4.78 is 5.45. The standard InChI is InChI=1S/C13H15O/c1-2-3-4-5-9-12-14-13-10-7-6-8-11-13/h6-7,10-11H,2-3,9,12H2,1H3. The molecule has 0 fully saturated rings. The van der Waals surface area contributed by atoms with Gasteiger partial charge in [0.2, 0.25) is 0 Å². The highest BCUT2D eigenvalue weighted by Gasteiger charge is 1.88. The summed E-state index contributed by atoms with van der Waals surface area (Å²) in [6.07, 6.45) is 2.91. The molecule has 0 amide bonds. The van der Waals surface area contributed by atoms with E-state index in [4.69, 9.17) is 4.74 Å². The molecule has 0 atom stereocenters. The van der Waals surface area contributed by atoms with E-state index in [9.17, 15) is 0 Å². The minimum Gasteiger partial charge on any atom is -0.493 e. The molecule has 73 valence electrons. The summed E-state index contributed by atoms with van der Waals surface area (Å²) in [5, 5.41) is 0. The summed E-state index contributed by atoms with van der Waals surface area (Å²) in [6, 6.07) is 10.5. The van der Waals surface area contributed by atoms with Crippen LogP contribution >= 0.6 is 0 Å². The first kappa shape index (κ1) is 10.7. The zero-order chi connectivity index (χ0) is 10.1. The van der Waals surface area contributed by atoms with E-state index in [2.05, 4.69) is 24.8 Å². The van der Waals surface area contributed by atoms with Crippen LogP contribution in [-0.4, -0.2) is 6.61 Å². The molecule has 0 saturated carbocycles. The molecule has 0 aromatic heterocycles. The largest absolute Gasteiger partial charge is 0.493 e. The maximum absolute atomic E-state index is 5.45. The van der Waals surface area contributed by atoms with Crippen molar-refractivity contribution in [2.45, 2.75) is 26.2 Å². The summed E-state index contributed by atoms with van der Waals surface area (Å²) in [5.41, 5.74) is 0. The van der Waals surface area contributed by atoms with Gasteiger partial charge in [0, 0.05) is 12.8 Å². The van der Waals surface area contributed by atoms with E-state index in [0.717, 1.165) is 25.0 Å². The Morgan fingerprint density at radius 3 is 2.93 bits per heavy atom. The number of rotatable bonds is 4. The Labute approximate surface area is 86.1 Å². The third-order valence-electron chi connectivity index (χ3n) is 1.67. The van der Waals surface area contributed by atoms with Gasteiger partial charge in [0.15, 0.2) is 0 Å². The van der Waals surface area contributed by atoms with Crippen molar-refractivity contribution in [2.75, 3.05) is 6.61 Å². The Hall–Kier alpha value is -1.42. The van der Waals surface area contributed by atoms with Crippen molar-refractivity contribution < 1.29 is 4.74 Å². The Balaban J connectivity index is 2.14. The minimum atomic E-state index is 0.661. The van der Waals surface area contributed by atoms with Gasteiger partial charge in [0.25, 0.3) is 0 Å². The molecule has 1 radical (unpaired) electrons. The quantitative estimate of drug-likeness (QED) is 0.520. The van der Waals surface area contributed by atoms with Crippen molar-refractivity contribution in [2.24, 2.45) is 0 Å². The van der Waals surface area contributed by atoms with Gasteiger partial charge in [0.1, 0.15) is 5.75 Å². The molecule has 1 nitrogen and oxygen atoms in total. The molecule has 1 aromatic rings. The summed E-state index contributed by atoms with van der Waals surface area (Å²) in [6.45, 7) is 2.79. The monoisotopic (exact) mass is 187 g/mol. The molecule has 0 unspecified atom stereocenters. The number of unbranched alkanes of at least 4 members (excludes halogenated alkanes) is 1. The molecular formula is C13H15O. The third kappa shape index (κ3) is 4.57. The van der Waals surface area contributed by atoms with Crippen molar-refractivity contribution >= 4 is 0 Å². The summed E-state index contributed by atoms with van der Waals surface area (Å²) in [5.74, 6) is 7.02. The van der Waals surface area contributed by atoms with Crippen molar-refractivity contribution in [3.8, 4) is 17.6 Å². The first-order chi connectivity index (χ1) is 6.93. The summed E-state index contributed by atoms with van der Waals surface area (Å²) >= 11 is 0. The van der Waals surface area contributed by atoms with E-state index in [1.54, 1.807) is 0 Å². The van der Waals surface area contributed by atoms with Crippen LogP contribution < -0.4 is 4.74 Å². The molecule has 0 N–H and O–H groups in total. The molecule has 0 bridgehead atoms. The molecule has 0 heterocycles. The second-order valence-corrected chi connectivity index (χ2v) is 2.94. The van der Waals surface area contributed by atoms with Crippen LogP contribution in [0.5, 0.6) is 5.75 Å². The van der Waals surface area contributed by atoms with Gasteiger partial charge in [-0.3, -0.25) is 0 Å². The van der Waals surface area contributed by atoms with Gasteiger partial charge in [-0.25, -0.2) is 0 Å². The second kappa shape index (κ2) is 7.03. The lowest BCUT2D eigenvalue weighted by Crippen LogP contribution is -1.95. The van der Waals surface area contributed by atoms with Gasteiger partial charge in [0.05, 0.1) is 6.61 Å². The molecule has 0 aliphatic heterocycles. The van der Waals surface area contributed by atoms with Gasteiger partial charge in [-0.1, -0.05) is 25.0 Å². The molecule has 1 aromatic carbocycles. The minimum absolute atomic E-state index is 0.661.